The van der Waals surface area contributed by atoms with E-state index in [2.05, 4.69) is 31.1 Å². The molecule has 5 heteroatoms. The molecule has 0 radical (unpaired) electrons. The predicted octanol–water partition coefficient (Wildman–Crippen LogP) is 1.49. The van der Waals surface area contributed by atoms with Gasteiger partial charge >= 0.3 is 6.09 Å². The molecule has 4 N–H and O–H groups in total. The van der Waals surface area contributed by atoms with Gasteiger partial charge in [0.25, 0.3) is 0 Å². The largest absolute Gasteiger partial charge is 0.464 e. The summed E-state index contributed by atoms with van der Waals surface area (Å²) in [5.41, 5.74) is 2.82. The second kappa shape index (κ2) is 5.56. The van der Waals surface area contributed by atoms with Gasteiger partial charge in [-0.15, -0.1) is 11.3 Å². The quantitative estimate of drug-likeness (QED) is 0.328. The van der Waals surface area contributed by atoms with Gasteiger partial charge in [-0.2, -0.15) is 0 Å². The molecule has 1 heterocycles. The standard InChI is InChI=1S/C6H8S.CH4N2O2/c1-5-3-6(2)7-4-5;2-3-1(4)5/h3-4H,1-2H3;3H,2H2,(H,4,5). The van der Waals surface area contributed by atoms with Crippen molar-refractivity contribution in [2.75, 3.05) is 0 Å². The molecule has 0 fully saturated rings. The summed E-state index contributed by atoms with van der Waals surface area (Å²) in [6.45, 7) is 4.24. The predicted molar refractivity (Wildman–Crippen MR) is 49.1 cm³/mol. The number of carboxylic acid groups (broad SMARTS) is 1. The summed E-state index contributed by atoms with van der Waals surface area (Å²) >= 11 is 1.80. The Labute approximate surface area is 75.0 Å². The normalized spacial score (nSPS) is 8.25. The number of hydrogen-bond donors (Lipinski definition) is 3. The molecule has 0 aliphatic carbocycles. The molecule has 4 nitrogen and oxygen atoms in total. The Kier molecular flexibility index (Phi) is 5.07. The Morgan fingerprint density at radius 3 is 2.25 bits per heavy atom. The van der Waals surface area contributed by atoms with E-state index in [1.54, 1.807) is 11.3 Å². The van der Waals surface area contributed by atoms with Crippen LogP contribution in [-0.2, 0) is 0 Å². The molecule has 0 atom stereocenters. The Hall–Kier alpha value is -1.07. The smallest absolute Gasteiger partial charge is 0.418 e. The summed E-state index contributed by atoms with van der Waals surface area (Å²) in [7, 11) is 0. The van der Waals surface area contributed by atoms with Crippen LogP contribution < -0.4 is 11.3 Å². The van der Waals surface area contributed by atoms with Crippen LogP contribution in [-0.4, -0.2) is 11.2 Å². The van der Waals surface area contributed by atoms with E-state index in [4.69, 9.17) is 9.90 Å². The van der Waals surface area contributed by atoms with Crippen molar-refractivity contribution in [3.63, 3.8) is 0 Å². The maximum atomic E-state index is 9.13. The fourth-order valence-corrected chi connectivity index (χ4v) is 1.27. The zero-order valence-electron chi connectivity index (χ0n) is 7.00. The maximum Gasteiger partial charge on any atom is 0.418 e. The minimum absolute atomic E-state index is 1.22. The molecule has 0 aliphatic rings. The highest BCUT2D eigenvalue weighted by Gasteiger charge is 1.84. The number of nitrogens with one attached hydrogen (secondary N) is 1. The van der Waals surface area contributed by atoms with Gasteiger partial charge in [0.15, 0.2) is 0 Å². The van der Waals surface area contributed by atoms with Crippen LogP contribution in [0.3, 0.4) is 0 Å². The van der Waals surface area contributed by atoms with Crippen molar-refractivity contribution >= 4 is 17.4 Å². The third kappa shape index (κ3) is 5.70. The van der Waals surface area contributed by atoms with Crippen LogP contribution in [0.1, 0.15) is 10.4 Å². The minimum atomic E-state index is -1.22. The number of aryl methyl sites for hydroxylation is 2. The van der Waals surface area contributed by atoms with Crippen LogP contribution in [0.5, 0.6) is 0 Å². The number of hydrogen-bond acceptors (Lipinski definition) is 3. The minimum Gasteiger partial charge on any atom is -0.464 e. The van der Waals surface area contributed by atoms with Crippen molar-refractivity contribution in [3.8, 4) is 0 Å². The van der Waals surface area contributed by atoms with Gasteiger partial charge in [0.05, 0.1) is 0 Å². The van der Waals surface area contributed by atoms with E-state index in [-0.39, 0.29) is 0 Å². The van der Waals surface area contributed by atoms with Gasteiger partial charge in [-0.05, 0) is 30.9 Å². The molecule has 0 saturated heterocycles. The molecule has 0 aliphatic heterocycles. The van der Waals surface area contributed by atoms with Crippen LogP contribution in [0.2, 0.25) is 0 Å². The van der Waals surface area contributed by atoms with Crippen LogP contribution in [0.15, 0.2) is 11.4 Å². The van der Waals surface area contributed by atoms with Crippen molar-refractivity contribution in [3.05, 3.63) is 21.9 Å². The monoisotopic (exact) mass is 188 g/mol. The highest BCUT2D eigenvalue weighted by Crippen LogP contribution is 2.10. The second-order valence-electron chi connectivity index (χ2n) is 2.18. The van der Waals surface area contributed by atoms with Crippen molar-refractivity contribution in [1.29, 1.82) is 0 Å². The van der Waals surface area contributed by atoms with E-state index >= 15 is 0 Å². The topological polar surface area (TPSA) is 75.3 Å². The molecule has 0 unspecified atom stereocenters. The molecule has 0 saturated carbocycles. The van der Waals surface area contributed by atoms with Gasteiger partial charge in [0.1, 0.15) is 0 Å². The average Bonchev–Trinajstić information content (AvgIpc) is 2.36. The van der Waals surface area contributed by atoms with E-state index in [1.807, 2.05) is 0 Å². The SMILES string of the molecule is Cc1csc(C)c1.NNC(=O)O. The number of amides is 1. The molecule has 12 heavy (non-hydrogen) atoms. The molecule has 1 aromatic heterocycles. The summed E-state index contributed by atoms with van der Waals surface area (Å²) in [6.07, 6.45) is -1.22. The lowest BCUT2D eigenvalue weighted by molar-refractivity contribution is 0.194. The fraction of sp³-hybridized carbons (Fsp3) is 0.286. The van der Waals surface area contributed by atoms with Gasteiger partial charge in [-0.1, -0.05) is 0 Å². The molecule has 0 bridgehead atoms. The van der Waals surface area contributed by atoms with Gasteiger partial charge in [-0.3, -0.25) is 5.43 Å². The highest BCUT2D eigenvalue weighted by molar-refractivity contribution is 7.10. The molecule has 1 aromatic rings. The van der Waals surface area contributed by atoms with Crippen molar-refractivity contribution in [2.24, 2.45) is 5.84 Å². The fourth-order valence-electron chi connectivity index (χ4n) is 0.575. The van der Waals surface area contributed by atoms with Gasteiger partial charge in [0, 0.05) is 4.88 Å². The molecule has 0 aromatic carbocycles. The van der Waals surface area contributed by atoms with Gasteiger partial charge in [0.2, 0.25) is 0 Å². The first kappa shape index (κ1) is 10.9. The molecular formula is C7H12N2O2S. The lowest BCUT2D eigenvalue weighted by Crippen LogP contribution is -2.27. The lowest BCUT2D eigenvalue weighted by atomic mass is 10.4. The first-order valence-electron chi connectivity index (χ1n) is 3.27. The van der Waals surface area contributed by atoms with Crippen LogP contribution in [0.4, 0.5) is 4.79 Å². The Balaban J connectivity index is 0.000000217. The van der Waals surface area contributed by atoms with Crippen molar-refractivity contribution in [2.45, 2.75) is 13.8 Å². The first-order valence-corrected chi connectivity index (χ1v) is 4.15. The summed E-state index contributed by atoms with van der Waals surface area (Å²) in [5, 5.41) is 9.65. The number of rotatable bonds is 0. The van der Waals surface area contributed by atoms with Crippen molar-refractivity contribution < 1.29 is 9.90 Å². The second-order valence-corrected chi connectivity index (χ2v) is 3.30. The molecule has 68 valence electrons. The maximum absolute atomic E-state index is 9.13. The summed E-state index contributed by atoms with van der Waals surface area (Å²) < 4.78 is 0. The zero-order chi connectivity index (χ0) is 9.56. The number of hydrazine groups is 1. The van der Waals surface area contributed by atoms with Crippen LogP contribution in [0.25, 0.3) is 0 Å². The number of nitrogens with two attached hydrogens (primary N) is 1. The van der Waals surface area contributed by atoms with Crippen molar-refractivity contribution in [1.82, 2.24) is 5.43 Å². The Morgan fingerprint density at radius 1 is 1.67 bits per heavy atom. The Morgan fingerprint density at radius 2 is 2.17 bits per heavy atom. The van der Waals surface area contributed by atoms with Gasteiger partial charge in [-0.25, -0.2) is 10.6 Å². The summed E-state index contributed by atoms with van der Waals surface area (Å²) in [5.74, 6) is 4.32. The Bertz CT molecular complexity index is 231. The summed E-state index contributed by atoms with van der Waals surface area (Å²) in [4.78, 5) is 10.5. The lowest BCUT2D eigenvalue weighted by Gasteiger charge is -1.79. The van der Waals surface area contributed by atoms with Crippen LogP contribution in [0, 0.1) is 13.8 Å². The molecule has 1 rings (SSSR count). The first-order chi connectivity index (χ1) is 5.56. The van der Waals surface area contributed by atoms with E-state index in [9.17, 15) is 0 Å². The highest BCUT2D eigenvalue weighted by atomic mass is 32.1. The number of thiophene rings is 1. The van der Waals surface area contributed by atoms with Crippen LogP contribution >= 0.6 is 11.3 Å². The van der Waals surface area contributed by atoms with Gasteiger partial charge < -0.3 is 5.11 Å². The van der Waals surface area contributed by atoms with E-state index in [1.165, 1.54) is 15.9 Å². The zero-order valence-corrected chi connectivity index (χ0v) is 7.81. The number of carbonyl (C=O) groups is 1. The third-order valence-electron chi connectivity index (χ3n) is 0.985. The summed E-state index contributed by atoms with van der Waals surface area (Å²) in [6, 6.07) is 2.19. The molecule has 0 spiro atoms. The van der Waals surface area contributed by atoms with E-state index in [0.717, 1.165) is 0 Å². The third-order valence-corrected chi connectivity index (χ3v) is 1.96. The van der Waals surface area contributed by atoms with E-state index < -0.39 is 6.09 Å². The molecular weight excluding hydrogens is 176 g/mol. The average molecular weight is 188 g/mol. The van der Waals surface area contributed by atoms with E-state index in [0.29, 0.717) is 0 Å². The molecule has 1 amide bonds.